The Hall–Kier alpha value is -2.35. The molecule has 0 N–H and O–H groups in total. The zero-order valence-corrected chi connectivity index (χ0v) is 9.52. The maximum absolute atomic E-state index is 5.09. The van der Waals surface area contributed by atoms with Crippen LogP contribution in [0.15, 0.2) is 96.1 Å². The molecule has 0 saturated heterocycles. The van der Waals surface area contributed by atoms with Gasteiger partial charge in [0.1, 0.15) is 0 Å². The van der Waals surface area contributed by atoms with Gasteiger partial charge in [0.05, 0.1) is 12.5 Å². The number of hydrogen-bond donors (Lipinski definition) is 0. The highest BCUT2D eigenvalue weighted by Gasteiger charge is 1.59. The highest BCUT2D eigenvalue weighted by molar-refractivity contribution is 4.95. The number of rotatable bonds is 0. The summed E-state index contributed by atoms with van der Waals surface area (Å²) < 4.78 is 5.09. The molecule has 17 heavy (non-hydrogen) atoms. The SMILES string of the molecule is c1cccccnccccoccccc1. The normalized spacial score (nSPS) is 8.00. The molecule has 0 aliphatic rings. The number of aromatic nitrogens is 1. The van der Waals surface area contributed by atoms with E-state index in [0.29, 0.717) is 0 Å². The van der Waals surface area contributed by atoms with Crippen LogP contribution in [0.1, 0.15) is 0 Å². The Morgan fingerprint density at radius 3 is 1.53 bits per heavy atom. The van der Waals surface area contributed by atoms with Crippen molar-refractivity contribution in [2.45, 2.75) is 0 Å². The topological polar surface area (TPSA) is 26.0 Å². The standard InChI is InChI=1S/C15H15NO/c1-2-4-6-8-12-16-13-9-11-15-17-14-10-7-5-3-1/h1-15H. The van der Waals surface area contributed by atoms with Gasteiger partial charge in [-0.05, 0) is 24.3 Å². The smallest absolute Gasteiger partial charge is 0.0901 e. The van der Waals surface area contributed by atoms with Gasteiger partial charge in [0.25, 0.3) is 0 Å². The van der Waals surface area contributed by atoms with E-state index in [1.807, 2.05) is 54.6 Å². The summed E-state index contributed by atoms with van der Waals surface area (Å²) in [5.41, 5.74) is 0. The van der Waals surface area contributed by atoms with Crippen LogP contribution in [0.3, 0.4) is 0 Å². The second-order valence-corrected chi connectivity index (χ2v) is 2.97. The van der Waals surface area contributed by atoms with Gasteiger partial charge in [0.15, 0.2) is 0 Å². The van der Waals surface area contributed by atoms with E-state index in [4.69, 9.17) is 4.42 Å². The van der Waals surface area contributed by atoms with Gasteiger partial charge >= 0.3 is 0 Å². The Kier molecular flexibility index (Phi) is 7.61. The van der Waals surface area contributed by atoms with Crippen LogP contribution in [0, 0.1) is 0 Å². The van der Waals surface area contributed by atoms with Crippen molar-refractivity contribution in [3.63, 3.8) is 0 Å². The molecular formula is C15H15NO. The highest BCUT2D eigenvalue weighted by atomic mass is 16.3. The van der Waals surface area contributed by atoms with Gasteiger partial charge in [-0.25, -0.2) is 0 Å². The largest absolute Gasteiger partial charge is 0.473 e. The molecule has 0 aliphatic carbocycles. The first-order valence-electron chi connectivity index (χ1n) is 5.32. The quantitative estimate of drug-likeness (QED) is 0.665. The summed E-state index contributed by atoms with van der Waals surface area (Å²) in [6.45, 7) is 0. The molecule has 86 valence electrons. The molecule has 1 rings (SSSR count). The Balaban J connectivity index is 3.01. The van der Waals surface area contributed by atoms with Crippen molar-refractivity contribution in [1.29, 1.82) is 0 Å². The fourth-order valence-corrected chi connectivity index (χ4v) is 0.924. The summed E-state index contributed by atoms with van der Waals surface area (Å²) in [6, 6.07) is 20.8. The van der Waals surface area contributed by atoms with Crippen LogP contribution in [0.25, 0.3) is 0 Å². The van der Waals surface area contributed by atoms with Crippen molar-refractivity contribution in [2.24, 2.45) is 0 Å². The van der Waals surface area contributed by atoms with E-state index in [1.54, 1.807) is 37.1 Å². The second-order valence-electron chi connectivity index (χ2n) is 2.97. The number of nitrogens with zero attached hydrogens (tertiary/aromatic N) is 1. The fourth-order valence-electron chi connectivity index (χ4n) is 0.924. The molecular weight excluding hydrogens is 210 g/mol. The van der Waals surface area contributed by atoms with E-state index < -0.39 is 0 Å². The van der Waals surface area contributed by atoms with Crippen LogP contribution >= 0.6 is 0 Å². The molecule has 0 amide bonds. The summed E-state index contributed by atoms with van der Waals surface area (Å²) in [5, 5.41) is 0. The molecule has 0 unspecified atom stereocenters. The van der Waals surface area contributed by atoms with E-state index >= 15 is 0 Å². The lowest BCUT2D eigenvalue weighted by atomic mass is 10.4. The summed E-state index contributed by atoms with van der Waals surface area (Å²) in [6.07, 6.45) is 6.60. The lowest BCUT2D eigenvalue weighted by Gasteiger charge is -1.69. The zero-order valence-electron chi connectivity index (χ0n) is 9.52. The average molecular weight is 225 g/mol. The summed E-state index contributed by atoms with van der Waals surface area (Å²) in [4.78, 5) is 4.04. The van der Waals surface area contributed by atoms with E-state index in [2.05, 4.69) is 4.98 Å². The Labute approximate surface area is 102 Å². The minimum atomic E-state index is 1.58. The third-order valence-corrected chi connectivity index (χ3v) is 1.66. The molecule has 2 heteroatoms. The van der Waals surface area contributed by atoms with Gasteiger partial charge in [-0.3, -0.25) is 4.98 Å². The highest BCUT2D eigenvalue weighted by Crippen LogP contribution is 1.79. The van der Waals surface area contributed by atoms with Crippen LogP contribution in [0.2, 0.25) is 0 Å². The van der Waals surface area contributed by atoms with Gasteiger partial charge in [-0.15, -0.1) is 0 Å². The third kappa shape index (κ3) is 8.63. The van der Waals surface area contributed by atoms with Crippen molar-refractivity contribution in [1.82, 2.24) is 4.98 Å². The molecule has 0 fully saturated rings. The molecule has 0 bridgehead atoms. The van der Waals surface area contributed by atoms with Gasteiger partial charge < -0.3 is 4.42 Å². The van der Waals surface area contributed by atoms with Gasteiger partial charge in [0, 0.05) is 12.4 Å². The lowest BCUT2D eigenvalue weighted by molar-refractivity contribution is 0.554. The fraction of sp³-hybridized carbons (Fsp3) is 0. The van der Waals surface area contributed by atoms with E-state index in [1.165, 1.54) is 0 Å². The monoisotopic (exact) mass is 225 g/mol. The molecule has 1 aromatic rings. The van der Waals surface area contributed by atoms with Crippen LogP contribution < -0.4 is 0 Å². The Morgan fingerprint density at radius 1 is 0.471 bits per heavy atom. The summed E-state index contributed by atoms with van der Waals surface area (Å²) >= 11 is 0. The molecule has 0 aromatic carbocycles. The van der Waals surface area contributed by atoms with E-state index in [0.717, 1.165) is 0 Å². The van der Waals surface area contributed by atoms with Crippen molar-refractivity contribution >= 4 is 0 Å². The molecule has 1 aromatic heterocycles. The first-order valence-corrected chi connectivity index (χ1v) is 5.32. The molecule has 0 atom stereocenters. The van der Waals surface area contributed by atoms with Crippen molar-refractivity contribution in [2.75, 3.05) is 0 Å². The van der Waals surface area contributed by atoms with Crippen LogP contribution in [-0.4, -0.2) is 4.98 Å². The second kappa shape index (κ2) is 10.2. The lowest BCUT2D eigenvalue weighted by Crippen LogP contribution is -1.54. The molecule has 1 heterocycles. The minimum Gasteiger partial charge on any atom is -0.473 e. The molecule has 0 saturated carbocycles. The van der Waals surface area contributed by atoms with Gasteiger partial charge in [-0.1, -0.05) is 42.5 Å². The predicted molar refractivity (Wildman–Crippen MR) is 69.4 cm³/mol. The molecule has 2 nitrogen and oxygen atoms in total. The number of hydrogen-bond acceptors (Lipinski definition) is 2. The van der Waals surface area contributed by atoms with Crippen molar-refractivity contribution in [3.8, 4) is 0 Å². The zero-order chi connectivity index (χ0) is 12.0. The predicted octanol–water partition coefficient (Wildman–Crippen LogP) is 4.05. The first kappa shape index (κ1) is 12.7. The van der Waals surface area contributed by atoms with Crippen molar-refractivity contribution < 1.29 is 4.42 Å². The Morgan fingerprint density at radius 2 is 0.882 bits per heavy atom. The minimum absolute atomic E-state index is 1.58. The maximum atomic E-state index is 5.09. The Bertz CT molecular complexity index is 282. The first-order chi connectivity index (χ1) is 8.50. The van der Waals surface area contributed by atoms with E-state index in [-0.39, 0.29) is 0 Å². The summed E-state index contributed by atoms with van der Waals surface area (Å²) in [5.74, 6) is 0. The van der Waals surface area contributed by atoms with Crippen LogP contribution in [0.4, 0.5) is 0 Å². The van der Waals surface area contributed by atoms with Gasteiger partial charge in [-0.2, -0.15) is 0 Å². The summed E-state index contributed by atoms with van der Waals surface area (Å²) in [7, 11) is 0. The third-order valence-electron chi connectivity index (χ3n) is 1.66. The molecule has 0 spiro atoms. The molecule has 0 radical (unpaired) electrons. The van der Waals surface area contributed by atoms with Crippen LogP contribution in [0.5, 0.6) is 0 Å². The van der Waals surface area contributed by atoms with Gasteiger partial charge in [0.2, 0.25) is 0 Å². The maximum Gasteiger partial charge on any atom is 0.0901 e. The molecule has 0 aliphatic heterocycles. The average Bonchev–Trinajstić information content (AvgIpc) is 2.35. The van der Waals surface area contributed by atoms with E-state index in [9.17, 15) is 0 Å². The van der Waals surface area contributed by atoms with Crippen LogP contribution in [-0.2, 0) is 0 Å². The van der Waals surface area contributed by atoms with Crippen molar-refractivity contribution in [3.05, 3.63) is 91.7 Å².